The zero-order valence-electron chi connectivity index (χ0n) is 22.5. The minimum absolute atomic E-state index is 0. The summed E-state index contributed by atoms with van der Waals surface area (Å²) < 4.78 is 9.69. The third-order valence-electron chi connectivity index (χ3n) is 8.04. The number of carbonyl (C=O) groups is 2. The van der Waals surface area contributed by atoms with Crippen molar-refractivity contribution in [2.45, 2.75) is 76.8 Å². The van der Waals surface area contributed by atoms with Gasteiger partial charge < -0.3 is 27.5 Å². The van der Waals surface area contributed by atoms with E-state index in [9.17, 15) is 9.59 Å². The molecule has 2 N–H and O–H groups in total. The van der Waals surface area contributed by atoms with Crippen molar-refractivity contribution in [3.63, 3.8) is 0 Å². The number of halogens is 1. The highest BCUT2D eigenvalue weighted by Gasteiger charge is 2.51. The number of benzene rings is 2. The Kier molecular flexibility index (Phi) is 10.7. The summed E-state index contributed by atoms with van der Waals surface area (Å²) in [6, 6.07) is 20.4. The Morgan fingerprint density at radius 1 is 1.00 bits per heavy atom. The molecular formula is C31H40BrN3O3. The van der Waals surface area contributed by atoms with Crippen LogP contribution in [-0.4, -0.2) is 23.1 Å². The van der Waals surface area contributed by atoms with Gasteiger partial charge in [-0.15, -0.1) is 0 Å². The van der Waals surface area contributed by atoms with Crippen LogP contribution in [0.4, 0.5) is 0 Å². The van der Waals surface area contributed by atoms with Crippen LogP contribution < -0.4 is 27.3 Å². The van der Waals surface area contributed by atoms with E-state index >= 15 is 0 Å². The van der Waals surface area contributed by atoms with Gasteiger partial charge in [0.1, 0.15) is 23.9 Å². The predicted molar refractivity (Wildman–Crippen MR) is 144 cm³/mol. The first-order valence-electron chi connectivity index (χ1n) is 13.6. The predicted octanol–water partition coefficient (Wildman–Crippen LogP) is 2.02. The largest absolute Gasteiger partial charge is 1.00 e. The molecule has 1 aromatic heterocycles. The lowest BCUT2D eigenvalue weighted by atomic mass is 9.64. The van der Waals surface area contributed by atoms with Crippen LogP contribution in [0.1, 0.15) is 74.9 Å². The van der Waals surface area contributed by atoms with Crippen molar-refractivity contribution in [1.29, 1.82) is 0 Å². The number of unbranched alkanes of at least 4 members (excludes halogenated alkanes) is 2. The SMILES string of the molecule is CCOC(=O)CCCCCn1cc[n+]([C@H]2CC[C@@H](C(C(N)=O)(c3ccccc3)c3ccccc3)C2)c1C.[Br-]. The fourth-order valence-corrected chi connectivity index (χ4v) is 6.23. The van der Waals surface area contributed by atoms with E-state index in [0.717, 1.165) is 56.2 Å². The first-order valence-corrected chi connectivity index (χ1v) is 13.6. The third kappa shape index (κ3) is 6.20. The zero-order chi connectivity index (χ0) is 26.3. The standard InChI is InChI=1S/C31H39N3O3.BrH/c1-3-37-29(35)17-11-6-12-20-33-21-22-34(24(33)2)28-19-18-27(23-28)31(30(32)36,25-13-7-4-8-14-25)26-15-9-5-10-16-26;/h4-5,7-10,13-16,21-22,27-28H,3,6,11-12,17-20,23H2,1-2H3,(H-,32,36);1H/t27-,28+;/m1./s1. The number of ether oxygens (including phenoxy) is 1. The normalized spacial score (nSPS) is 17.1. The molecule has 2 aromatic carbocycles. The number of aromatic nitrogens is 2. The molecule has 0 bridgehead atoms. The molecule has 38 heavy (non-hydrogen) atoms. The summed E-state index contributed by atoms with van der Waals surface area (Å²) in [5.41, 5.74) is 7.36. The summed E-state index contributed by atoms with van der Waals surface area (Å²) in [5, 5.41) is 0. The van der Waals surface area contributed by atoms with Crippen LogP contribution in [0.25, 0.3) is 0 Å². The van der Waals surface area contributed by atoms with E-state index in [1.54, 1.807) is 0 Å². The number of primary amides is 1. The van der Waals surface area contributed by atoms with Crippen LogP contribution in [0.2, 0.25) is 0 Å². The molecular weight excluding hydrogens is 542 g/mol. The molecule has 0 unspecified atom stereocenters. The number of nitrogens with two attached hydrogens (primary N) is 1. The number of imidazole rings is 1. The number of nitrogens with zero attached hydrogens (tertiary/aromatic N) is 2. The molecule has 1 heterocycles. The van der Waals surface area contributed by atoms with Crippen molar-refractivity contribution in [1.82, 2.24) is 4.57 Å². The lowest BCUT2D eigenvalue weighted by Gasteiger charge is -2.37. The minimum Gasteiger partial charge on any atom is -1.00 e. The molecule has 1 fully saturated rings. The Balaban J connectivity index is 0.00000400. The zero-order valence-corrected chi connectivity index (χ0v) is 24.1. The van der Waals surface area contributed by atoms with Gasteiger partial charge >= 0.3 is 5.97 Å². The van der Waals surface area contributed by atoms with Gasteiger partial charge in [-0.05, 0) is 62.5 Å². The topological polar surface area (TPSA) is 78.2 Å². The van der Waals surface area contributed by atoms with Gasteiger partial charge in [0.25, 0.3) is 5.82 Å². The fourth-order valence-electron chi connectivity index (χ4n) is 6.23. The van der Waals surface area contributed by atoms with Crippen molar-refractivity contribution in [3.05, 3.63) is 90.0 Å². The molecule has 1 aliphatic carbocycles. The summed E-state index contributed by atoms with van der Waals surface area (Å²) in [4.78, 5) is 24.9. The van der Waals surface area contributed by atoms with E-state index < -0.39 is 5.41 Å². The number of aryl methyl sites for hydroxylation is 1. The first kappa shape index (κ1) is 29.6. The highest BCUT2D eigenvalue weighted by atomic mass is 79.9. The number of carbonyl (C=O) groups excluding carboxylic acids is 2. The van der Waals surface area contributed by atoms with Gasteiger partial charge in [-0.1, -0.05) is 60.7 Å². The fraction of sp³-hybridized carbons (Fsp3) is 0.452. The second-order valence-corrected chi connectivity index (χ2v) is 10.1. The van der Waals surface area contributed by atoms with E-state index in [1.165, 1.54) is 5.82 Å². The van der Waals surface area contributed by atoms with E-state index in [0.29, 0.717) is 19.1 Å². The first-order chi connectivity index (χ1) is 18.0. The maximum absolute atomic E-state index is 13.4. The van der Waals surface area contributed by atoms with Gasteiger partial charge in [0.15, 0.2) is 0 Å². The molecule has 0 spiro atoms. The summed E-state index contributed by atoms with van der Waals surface area (Å²) in [5.74, 6) is 0.946. The molecule has 0 saturated heterocycles. The van der Waals surface area contributed by atoms with Crippen molar-refractivity contribution >= 4 is 11.9 Å². The molecule has 7 heteroatoms. The molecule has 204 valence electrons. The second-order valence-electron chi connectivity index (χ2n) is 10.1. The van der Waals surface area contributed by atoms with E-state index in [1.807, 2.05) is 67.6 Å². The lowest BCUT2D eigenvalue weighted by molar-refractivity contribution is -0.727. The highest BCUT2D eigenvalue weighted by molar-refractivity contribution is 5.91. The Morgan fingerprint density at radius 2 is 1.63 bits per heavy atom. The quantitative estimate of drug-likeness (QED) is 0.202. The van der Waals surface area contributed by atoms with Crippen LogP contribution in [0.15, 0.2) is 73.1 Å². The van der Waals surface area contributed by atoms with Crippen LogP contribution in [0.3, 0.4) is 0 Å². The highest BCUT2D eigenvalue weighted by Crippen LogP contribution is 2.48. The minimum atomic E-state index is -0.854. The Bertz CT molecular complexity index is 1140. The molecule has 2 atom stereocenters. The van der Waals surface area contributed by atoms with Crippen molar-refractivity contribution in [3.8, 4) is 0 Å². The molecule has 4 rings (SSSR count). The molecule has 1 aliphatic rings. The lowest BCUT2D eigenvalue weighted by Crippen LogP contribution is -3.00. The molecule has 3 aromatic rings. The average molecular weight is 583 g/mol. The van der Waals surface area contributed by atoms with E-state index in [-0.39, 0.29) is 34.8 Å². The van der Waals surface area contributed by atoms with E-state index in [4.69, 9.17) is 10.5 Å². The van der Waals surface area contributed by atoms with Gasteiger partial charge in [0, 0.05) is 13.3 Å². The molecule has 0 radical (unpaired) electrons. The second kappa shape index (κ2) is 13.7. The average Bonchev–Trinajstić information content (AvgIpc) is 3.53. The maximum atomic E-state index is 13.4. The number of hydrogen-bond acceptors (Lipinski definition) is 3. The summed E-state index contributed by atoms with van der Waals surface area (Å²) in [6.45, 7) is 5.38. The third-order valence-corrected chi connectivity index (χ3v) is 8.04. The van der Waals surface area contributed by atoms with Gasteiger partial charge in [-0.3, -0.25) is 9.59 Å². The number of amides is 1. The van der Waals surface area contributed by atoms with Gasteiger partial charge in [0.05, 0.1) is 13.2 Å². The molecule has 0 aliphatic heterocycles. The number of esters is 1. The number of hydrogen-bond donors (Lipinski definition) is 1. The molecule has 6 nitrogen and oxygen atoms in total. The Morgan fingerprint density at radius 3 is 2.21 bits per heavy atom. The van der Waals surface area contributed by atoms with Gasteiger partial charge in [-0.25, -0.2) is 9.13 Å². The van der Waals surface area contributed by atoms with Crippen LogP contribution in [0, 0.1) is 12.8 Å². The van der Waals surface area contributed by atoms with Crippen LogP contribution in [-0.2, 0) is 26.3 Å². The maximum Gasteiger partial charge on any atom is 0.305 e. The monoisotopic (exact) mass is 581 g/mol. The summed E-state index contributed by atoms with van der Waals surface area (Å²) >= 11 is 0. The summed E-state index contributed by atoms with van der Waals surface area (Å²) in [7, 11) is 0. The van der Waals surface area contributed by atoms with Crippen molar-refractivity contribution in [2.24, 2.45) is 11.7 Å². The van der Waals surface area contributed by atoms with Crippen LogP contribution >= 0.6 is 0 Å². The summed E-state index contributed by atoms with van der Waals surface area (Å²) in [6.07, 6.45) is 10.5. The van der Waals surface area contributed by atoms with Gasteiger partial charge in [0.2, 0.25) is 5.91 Å². The smallest absolute Gasteiger partial charge is 0.305 e. The van der Waals surface area contributed by atoms with Gasteiger partial charge in [-0.2, -0.15) is 0 Å². The number of rotatable bonds is 12. The Hall–Kier alpha value is -2.93. The van der Waals surface area contributed by atoms with Crippen molar-refractivity contribution in [2.75, 3.05) is 6.61 Å². The Labute approximate surface area is 237 Å². The molecule has 1 saturated carbocycles. The van der Waals surface area contributed by atoms with E-state index in [2.05, 4.69) is 28.5 Å². The molecule has 1 amide bonds. The van der Waals surface area contributed by atoms with Crippen molar-refractivity contribution < 1.29 is 35.9 Å². The van der Waals surface area contributed by atoms with Crippen LogP contribution in [0.5, 0.6) is 0 Å².